The number of ether oxygens (including phenoxy) is 1. The van der Waals surface area contributed by atoms with Gasteiger partial charge in [0.2, 0.25) is 0 Å². The maximum Gasteiger partial charge on any atom is 0.340 e. The third-order valence-electron chi connectivity index (χ3n) is 1.65. The molecule has 1 aromatic heterocycles. The minimum Gasteiger partial charge on any atom is -0.456 e. The van der Waals surface area contributed by atoms with Gasteiger partial charge in [0, 0.05) is 13.2 Å². The highest BCUT2D eigenvalue weighted by Crippen LogP contribution is 2.12. The molecule has 0 spiro atoms. The molecule has 0 aliphatic carbocycles. The Kier molecular flexibility index (Phi) is 3.29. The van der Waals surface area contributed by atoms with Gasteiger partial charge in [-0.1, -0.05) is 0 Å². The zero-order valence-electron chi connectivity index (χ0n) is 9.50. The Morgan fingerprint density at radius 2 is 2.07 bits per heavy atom. The topological polar surface area (TPSA) is 51.2 Å². The summed E-state index contributed by atoms with van der Waals surface area (Å²) in [5, 5.41) is 2.88. The van der Waals surface area contributed by atoms with Gasteiger partial charge in [0.15, 0.2) is 0 Å². The maximum atomic E-state index is 11.6. The summed E-state index contributed by atoms with van der Waals surface area (Å²) >= 11 is 0. The van der Waals surface area contributed by atoms with Crippen molar-refractivity contribution in [1.29, 1.82) is 0 Å². The Labute approximate surface area is 89.7 Å². The van der Waals surface area contributed by atoms with E-state index in [0.717, 1.165) is 5.82 Å². The lowest BCUT2D eigenvalue weighted by Gasteiger charge is -2.19. The van der Waals surface area contributed by atoms with Gasteiger partial charge in [-0.3, -0.25) is 0 Å². The second kappa shape index (κ2) is 4.29. The molecule has 0 aliphatic heterocycles. The molecule has 0 unspecified atom stereocenters. The molecule has 1 heterocycles. The Balaban J connectivity index is 2.75. The summed E-state index contributed by atoms with van der Waals surface area (Å²) in [6, 6.07) is 3.42. The van der Waals surface area contributed by atoms with Crippen molar-refractivity contribution in [3.63, 3.8) is 0 Å². The van der Waals surface area contributed by atoms with Crippen LogP contribution in [0.2, 0.25) is 0 Å². The second-order valence-electron chi connectivity index (χ2n) is 4.18. The molecule has 1 aromatic rings. The number of anilines is 1. The molecule has 0 amide bonds. The molecule has 4 heteroatoms. The van der Waals surface area contributed by atoms with Crippen molar-refractivity contribution in [3.05, 3.63) is 23.9 Å². The molecule has 1 N–H and O–H groups in total. The predicted octanol–water partition coefficient (Wildman–Crippen LogP) is 2.08. The van der Waals surface area contributed by atoms with Crippen LogP contribution in [-0.4, -0.2) is 23.6 Å². The molecule has 0 aliphatic rings. The number of rotatable bonds is 2. The van der Waals surface area contributed by atoms with Crippen LogP contribution in [0, 0.1) is 0 Å². The van der Waals surface area contributed by atoms with Crippen LogP contribution in [0.15, 0.2) is 18.3 Å². The summed E-state index contributed by atoms with van der Waals surface area (Å²) in [6.45, 7) is 5.50. The monoisotopic (exact) mass is 208 g/mol. The van der Waals surface area contributed by atoms with Crippen LogP contribution < -0.4 is 5.32 Å². The van der Waals surface area contributed by atoms with E-state index in [1.807, 2.05) is 20.8 Å². The van der Waals surface area contributed by atoms with Crippen LogP contribution in [-0.2, 0) is 4.74 Å². The SMILES string of the molecule is CNc1ccc(C(=O)OC(C)(C)C)cn1. The molecule has 0 bridgehead atoms. The van der Waals surface area contributed by atoms with Gasteiger partial charge in [-0.15, -0.1) is 0 Å². The molecule has 0 atom stereocenters. The fraction of sp³-hybridized carbons (Fsp3) is 0.455. The van der Waals surface area contributed by atoms with Crippen molar-refractivity contribution in [2.75, 3.05) is 12.4 Å². The molecule has 0 radical (unpaired) electrons. The number of pyridine rings is 1. The minimum absolute atomic E-state index is 0.349. The molecule has 0 fully saturated rings. The van der Waals surface area contributed by atoms with Gasteiger partial charge in [0.1, 0.15) is 11.4 Å². The number of carbonyl (C=O) groups excluding carboxylic acids is 1. The Morgan fingerprint density at radius 1 is 1.40 bits per heavy atom. The molecule has 0 aromatic carbocycles. The van der Waals surface area contributed by atoms with E-state index in [1.54, 1.807) is 19.2 Å². The minimum atomic E-state index is -0.473. The van der Waals surface area contributed by atoms with Crippen molar-refractivity contribution in [2.24, 2.45) is 0 Å². The number of aromatic nitrogens is 1. The van der Waals surface area contributed by atoms with Crippen molar-refractivity contribution >= 4 is 11.8 Å². The first-order valence-corrected chi connectivity index (χ1v) is 4.79. The van der Waals surface area contributed by atoms with Crippen molar-refractivity contribution in [2.45, 2.75) is 26.4 Å². The Hall–Kier alpha value is -1.58. The lowest BCUT2D eigenvalue weighted by molar-refractivity contribution is 0.00691. The van der Waals surface area contributed by atoms with E-state index in [-0.39, 0.29) is 5.97 Å². The Bertz CT molecular complexity index is 339. The normalized spacial score (nSPS) is 10.9. The zero-order valence-corrected chi connectivity index (χ0v) is 9.50. The molecular formula is C11H16N2O2. The summed E-state index contributed by atoms with van der Waals surface area (Å²) in [4.78, 5) is 15.6. The molecule has 1 rings (SSSR count). The molecule has 15 heavy (non-hydrogen) atoms. The lowest BCUT2D eigenvalue weighted by Crippen LogP contribution is -2.23. The van der Waals surface area contributed by atoms with Crippen LogP contribution in [0.5, 0.6) is 0 Å². The van der Waals surface area contributed by atoms with Gasteiger partial charge in [0.25, 0.3) is 0 Å². The summed E-state index contributed by atoms with van der Waals surface area (Å²) in [7, 11) is 1.77. The molecular weight excluding hydrogens is 192 g/mol. The largest absolute Gasteiger partial charge is 0.456 e. The second-order valence-corrected chi connectivity index (χ2v) is 4.18. The maximum absolute atomic E-state index is 11.6. The van der Waals surface area contributed by atoms with Gasteiger partial charge in [-0.25, -0.2) is 9.78 Å². The fourth-order valence-electron chi connectivity index (χ4n) is 1.000. The number of nitrogens with zero attached hydrogens (tertiary/aromatic N) is 1. The number of esters is 1. The van der Waals surface area contributed by atoms with E-state index in [0.29, 0.717) is 5.56 Å². The number of nitrogens with one attached hydrogen (secondary N) is 1. The Morgan fingerprint density at radius 3 is 2.47 bits per heavy atom. The van der Waals surface area contributed by atoms with Crippen LogP contribution >= 0.6 is 0 Å². The summed E-state index contributed by atoms with van der Waals surface area (Å²) in [5.74, 6) is 0.375. The van der Waals surface area contributed by atoms with Crippen molar-refractivity contribution in [1.82, 2.24) is 4.98 Å². The van der Waals surface area contributed by atoms with Crippen molar-refractivity contribution < 1.29 is 9.53 Å². The highest BCUT2D eigenvalue weighted by atomic mass is 16.6. The zero-order chi connectivity index (χ0) is 11.5. The number of carbonyl (C=O) groups is 1. The standard InChI is InChI=1S/C11H16N2O2/c1-11(2,3)15-10(14)8-5-6-9(12-4)13-7-8/h5-7H,1-4H3,(H,12,13). The van der Waals surface area contributed by atoms with E-state index in [9.17, 15) is 4.79 Å². The summed E-state index contributed by atoms with van der Waals surface area (Å²) in [6.07, 6.45) is 1.50. The van der Waals surface area contributed by atoms with Gasteiger partial charge >= 0.3 is 5.97 Å². The average molecular weight is 208 g/mol. The van der Waals surface area contributed by atoms with E-state index >= 15 is 0 Å². The van der Waals surface area contributed by atoms with E-state index < -0.39 is 5.60 Å². The first-order valence-electron chi connectivity index (χ1n) is 4.79. The fourth-order valence-corrected chi connectivity index (χ4v) is 1.000. The van der Waals surface area contributed by atoms with E-state index in [1.165, 1.54) is 6.20 Å². The smallest absolute Gasteiger partial charge is 0.340 e. The third-order valence-corrected chi connectivity index (χ3v) is 1.65. The van der Waals surface area contributed by atoms with E-state index in [4.69, 9.17) is 4.74 Å². The predicted molar refractivity (Wildman–Crippen MR) is 59.0 cm³/mol. The molecule has 82 valence electrons. The summed E-state index contributed by atoms with van der Waals surface area (Å²) < 4.78 is 5.20. The van der Waals surface area contributed by atoms with E-state index in [2.05, 4.69) is 10.3 Å². The van der Waals surface area contributed by atoms with Crippen molar-refractivity contribution in [3.8, 4) is 0 Å². The highest BCUT2D eigenvalue weighted by Gasteiger charge is 2.17. The first kappa shape index (κ1) is 11.5. The summed E-state index contributed by atoms with van der Waals surface area (Å²) in [5.41, 5.74) is -0.0115. The molecule has 0 saturated heterocycles. The van der Waals surface area contributed by atoms with Crippen LogP contribution in [0.1, 0.15) is 31.1 Å². The van der Waals surface area contributed by atoms with Crippen LogP contribution in [0.4, 0.5) is 5.82 Å². The quantitative estimate of drug-likeness (QED) is 0.756. The number of hydrogen-bond donors (Lipinski definition) is 1. The first-order chi connectivity index (χ1) is 6.92. The molecule has 0 saturated carbocycles. The third kappa shape index (κ3) is 3.58. The van der Waals surface area contributed by atoms with Gasteiger partial charge < -0.3 is 10.1 Å². The number of hydrogen-bond acceptors (Lipinski definition) is 4. The molecule has 4 nitrogen and oxygen atoms in total. The lowest BCUT2D eigenvalue weighted by atomic mass is 10.2. The van der Waals surface area contributed by atoms with Gasteiger partial charge in [0.05, 0.1) is 5.56 Å². The van der Waals surface area contributed by atoms with Crippen LogP contribution in [0.25, 0.3) is 0 Å². The van der Waals surface area contributed by atoms with Gasteiger partial charge in [-0.05, 0) is 32.9 Å². The highest BCUT2D eigenvalue weighted by molar-refractivity contribution is 5.89. The average Bonchev–Trinajstić information content (AvgIpc) is 2.15. The van der Waals surface area contributed by atoms with Crippen LogP contribution in [0.3, 0.4) is 0 Å². The van der Waals surface area contributed by atoms with Gasteiger partial charge in [-0.2, -0.15) is 0 Å².